The second-order valence-electron chi connectivity index (χ2n) is 4.96. The predicted octanol–water partition coefficient (Wildman–Crippen LogP) is 4.68. The first-order valence-corrected chi connectivity index (χ1v) is 6.98. The van der Waals surface area contributed by atoms with Gasteiger partial charge in [0.05, 0.1) is 11.1 Å². The predicted molar refractivity (Wildman–Crippen MR) is 82.5 cm³/mol. The van der Waals surface area contributed by atoms with Crippen LogP contribution in [0.25, 0.3) is 10.9 Å². The van der Waals surface area contributed by atoms with Crippen LogP contribution in [0.3, 0.4) is 0 Å². The van der Waals surface area contributed by atoms with Crippen LogP contribution in [0.5, 0.6) is 0 Å². The summed E-state index contributed by atoms with van der Waals surface area (Å²) in [5.74, 6) is -0.360. The number of nitrogens with zero attached hydrogens (tertiary/aromatic N) is 1. The maximum atomic E-state index is 13.3. The van der Waals surface area contributed by atoms with Gasteiger partial charge in [-0.2, -0.15) is 0 Å². The fourth-order valence-electron chi connectivity index (χ4n) is 2.58. The molecule has 0 aliphatic heterocycles. The largest absolute Gasteiger partial charge is 0.327 e. The first kappa shape index (κ1) is 13.8. The summed E-state index contributed by atoms with van der Waals surface area (Å²) in [7, 11) is 0. The van der Waals surface area contributed by atoms with E-state index in [-0.39, 0.29) is 11.6 Å². The van der Waals surface area contributed by atoms with Crippen LogP contribution in [0.1, 0.15) is 22.8 Å². The molecule has 0 bridgehead atoms. The molecule has 0 radical (unpaired) electrons. The highest BCUT2D eigenvalue weighted by molar-refractivity contribution is 6.35. The number of carbonyl (C=O) groups excluding carboxylic acids is 1. The molecule has 106 valence electrons. The normalized spacial score (nSPS) is 11.0. The highest BCUT2D eigenvalue weighted by Gasteiger charge is 2.18. The number of benzene rings is 2. The number of halogens is 2. The van der Waals surface area contributed by atoms with E-state index in [1.165, 1.54) is 19.1 Å². The molecule has 0 aliphatic carbocycles. The Morgan fingerprint density at radius 1 is 1.19 bits per heavy atom. The van der Waals surface area contributed by atoms with Crippen LogP contribution in [0.4, 0.5) is 4.39 Å². The van der Waals surface area contributed by atoms with E-state index >= 15 is 0 Å². The lowest BCUT2D eigenvalue weighted by Crippen LogP contribution is -2.01. The van der Waals surface area contributed by atoms with Gasteiger partial charge in [0, 0.05) is 11.9 Å². The van der Waals surface area contributed by atoms with Crippen LogP contribution in [-0.4, -0.2) is 10.4 Å². The van der Waals surface area contributed by atoms with Gasteiger partial charge in [-0.05, 0) is 30.7 Å². The summed E-state index contributed by atoms with van der Waals surface area (Å²) in [5.41, 5.74) is 2.19. The van der Waals surface area contributed by atoms with E-state index in [4.69, 9.17) is 11.6 Å². The molecule has 0 amide bonds. The molecule has 0 N–H and O–H groups in total. The fraction of sp³-hybridized carbons (Fsp3) is 0.118. The maximum Gasteiger partial charge on any atom is 0.163 e. The molecule has 3 rings (SSSR count). The van der Waals surface area contributed by atoms with Gasteiger partial charge in [-0.15, -0.1) is 0 Å². The van der Waals surface area contributed by atoms with Crippen molar-refractivity contribution in [2.24, 2.45) is 0 Å². The third-order valence-electron chi connectivity index (χ3n) is 3.49. The van der Waals surface area contributed by atoms with Gasteiger partial charge < -0.3 is 4.57 Å². The Bertz CT molecular complexity index is 838. The van der Waals surface area contributed by atoms with Crippen molar-refractivity contribution < 1.29 is 9.18 Å². The van der Waals surface area contributed by atoms with E-state index in [1.54, 1.807) is 6.07 Å². The van der Waals surface area contributed by atoms with Crippen molar-refractivity contribution in [2.75, 3.05) is 0 Å². The second-order valence-corrected chi connectivity index (χ2v) is 5.31. The van der Waals surface area contributed by atoms with Crippen molar-refractivity contribution in [3.05, 3.63) is 70.6 Å². The van der Waals surface area contributed by atoms with E-state index in [1.807, 2.05) is 34.9 Å². The Morgan fingerprint density at radius 3 is 2.67 bits per heavy atom. The Labute approximate surface area is 126 Å². The number of para-hydroxylation sites is 1. The minimum atomic E-state index is -0.285. The molecule has 3 aromatic rings. The number of fused-ring (bicyclic) bond motifs is 1. The SMILES string of the molecule is CC(=O)c1c(Cl)n(Cc2cccc(F)c2)c2ccccc12. The summed E-state index contributed by atoms with van der Waals surface area (Å²) in [6.45, 7) is 1.92. The summed E-state index contributed by atoms with van der Waals surface area (Å²) in [5, 5.41) is 1.22. The molecule has 0 unspecified atom stereocenters. The molecule has 21 heavy (non-hydrogen) atoms. The first-order valence-electron chi connectivity index (χ1n) is 6.60. The molecule has 0 atom stereocenters. The molecule has 2 aromatic carbocycles. The van der Waals surface area contributed by atoms with Crippen molar-refractivity contribution in [1.82, 2.24) is 4.57 Å². The van der Waals surface area contributed by atoms with Crippen molar-refractivity contribution >= 4 is 28.3 Å². The highest BCUT2D eigenvalue weighted by atomic mass is 35.5. The minimum Gasteiger partial charge on any atom is -0.327 e. The van der Waals surface area contributed by atoms with Crippen molar-refractivity contribution in [3.8, 4) is 0 Å². The third-order valence-corrected chi connectivity index (χ3v) is 3.88. The van der Waals surface area contributed by atoms with Gasteiger partial charge in [0.15, 0.2) is 5.78 Å². The minimum absolute atomic E-state index is 0.0748. The first-order chi connectivity index (χ1) is 10.1. The third kappa shape index (κ3) is 2.45. The van der Waals surface area contributed by atoms with Gasteiger partial charge in [0.25, 0.3) is 0 Å². The van der Waals surface area contributed by atoms with Crippen molar-refractivity contribution in [2.45, 2.75) is 13.5 Å². The zero-order chi connectivity index (χ0) is 15.0. The number of hydrogen-bond donors (Lipinski definition) is 0. The van der Waals surface area contributed by atoms with Crippen LogP contribution in [0, 0.1) is 5.82 Å². The Kier molecular flexibility index (Phi) is 3.52. The van der Waals surface area contributed by atoms with E-state index in [2.05, 4.69) is 0 Å². The van der Waals surface area contributed by atoms with Crippen LogP contribution in [0.15, 0.2) is 48.5 Å². The average molecular weight is 302 g/mol. The number of rotatable bonds is 3. The van der Waals surface area contributed by atoms with E-state index in [0.29, 0.717) is 17.3 Å². The number of hydrogen-bond acceptors (Lipinski definition) is 1. The molecule has 0 aliphatic rings. The molecule has 0 spiro atoms. The van der Waals surface area contributed by atoms with Gasteiger partial charge in [-0.3, -0.25) is 4.79 Å². The summed E-state index contributed by atoms with van der Waals surface area (Å²) in [6.07, 6.45) is 0. The topological polar surface area (TPSA) is 22.0 Å². The number of carbonyl (C=O) groups is 1. The zero-order valence-electron chi connectivity index (χ0n) is 11.4. The van der Waals surface area contributed by atoms with Crippen LogP contribution in [0.2, 0.25) is 5.15 Å². The molecule has 2 nitrogen and oxygen atoms in total. The van der Waals surface area contributed by atoms with Gasteiger partial charge in [0.2, 0.25) is 0 Å². The summed E-state index contributed by atoms with van der Waals surface area (Å²) >= 11 is 6.39. The molecule has 0 saturated carbocycles. The Balaban J connectivity index is 2.18. The van der Waals surface area contributed by atoms with Gasteiger partial charge >= 0.3 is 0 Å². The highest BCUT2D eigenvalue weighted by Crippen LogP contribution is 2.31. The monoisotopic (exact) mass is 301 g/mol. The number of ketones is 1. The summed E-state index contributed by atoms with van der Waals surface area (Å²) in [4.78, 5) is 11.8. The molecule has 0 fully saturated rings. The van der Waals surface area contributed by atoms with Crippen molar-refractivity contribution in [1.29, 1.82) is 0 Å². The van der Waals surface area contributed by atoms with E-state index in [9.17, 15) is 9.18 Å². The van der Waals surface area contributed by atoms with Gasteiger partial charge in [-0.25, -0.2) is 4.39 Å². The average Bonchev–Trinajstić information content (AvgIpc) is 2.72. The number of aromatic nitrogens is 1. The molecule has 1 heterocycles. The van der Waals surface area contributed by atoms with E-state index in [0.717, 1.165) is 16.5 Å². The smallest absolute Gasteiger partial charge is 0.163 e. The number of Topliss-reactive ketones (excluding diaryl/α,β-unsaturated/α-hetero) is 1. The molecular weight excluding hydrogens is 289 g/mol. The molecule has 1 aromatic heterocycles. The molecule has 0 saturated heterocycles. The van der Waals surface area contributed by atoms with Crippen LogP contribution < -0.4 is 0 Å². The van der Waals surface area contributed by atoms with Crippen LogP contribution >= 0.6 is 11.6 Å². The van der Waals surface area contributed by atoms with Crippen molar-refractivity contribution in [3.63, 3.8) is 0 Å². The Hall–Kier alpha value is -2.13. The lowest BCUT2D eigenvalue weighted by atomic mass is 10.1. The molecule has 4 heteroatoms. The molecular formula is C17H13ClFNO. The van der Waals surface area contributed by atoms with Gasteiger partial charge in [-0.1, -0.05) is 41.9 Å². The summed E-state index contributed by atoms with van der Waals surface area (Å²) in [6, 6.07) is 13.9. The zero-order valence-corrected chi connectivity index (χ0v) is 12.2. The Morgan fingerprint density at radius 2 is 1.95 bits per heavy atom. The van der Waals surface area contributed by atoms with Crippen LogP contribution in [-0.2, 0) is 6.54 Å². The standard InChI is InChI=1S/C17H13ClFNO/c1-11(21)16-14-7-2-3-8-15(14)20(17(16)18)10-12-5-4-6-13(19)9-12/h2-9H,10H2,1H3. The second kappa shape index (κ2) is 5.34. The van der Waals surface area contributed by atoms with Gasteiger partial charge in [0.1, 0.15) is 11.0 Å². The lowest BCUT2D eigenvalue weighted by molar-refractivity contribution is 0.101. The quantitative estimate of drug-likeness (QED) is 0.644. The van der Waals surface area contributed by atoms with E-state index < -0.39 is 0 Å². The lowest BCUT2D eigenvalue weighted by Gasteiger charge is -2.07. The summed E-state index contributed by atoms with van der Waals surface area (Å²) < 4.78 is 15.2. The fourth-order valence-corrected chi connectivity index (χ4v) is 2.97. The maximum absolute atomic E-state index is 13.3.